The number of aliphatic imine (C=N–C) groups is 1. The van der Waals surface area contributed by atoms with E-state index in [1.54, 1.807) is 13.8 Å². The van der Waals surface area contributed by atoms with Gasteiger partial charge in [-0.25, -0.2) is 4.99 Å². The third-order valence-corrected chi connectivity index (χ3v) is 4.47. The number of nitrogens with zero attached hydrogens (tertiary/aromatic N) is 1. The van der Waals surface area contributed by atoms with Crippen molar-refractivity contribution in [2.75, 3.05) is 0 Å². The monoisotopic (exact) mass is 456 g/mol. The van der Waals surface area contributed by atoms with Gasteiger partial charge in [0.15, 0.2) is 0 Å². The minimum Gasteiger partial charge on any atom is -0.364 e. The number of carbonyl (C=O) groups is 3. The molecule has 0 aromatic heterocycles. The molecule has 0 aliphatic heterocycles. The van der Waals surface area contributed by atoms with Gasteiger partial charge in [0.05, 0.1) is 5.70 Å². The van der Waals surface area contributed by atoms with Gasteiger partial charge >= 0.3 is 0 Å². The van der Waals surface area contributed by atoms with Crippen LogP contribution >= 0.6 is 0 Å². The molecule has 0 saturated carbocycles. The van der Waals surface area contributed by atoms with Gasteiger partial charge in [-0.15, -0.1) is 0 Å². The number of allylic oxidation sites excluding steroid dienone is 1. The second kappa shape index (κ2) is 17.3. The molecule has 0 radical (unpaired) electrons. The van der Waals surface area contributed by atoms with Crippen LogP contribution in [0.3, 0.4) is 0 Å². The SMILES string of the molecule is C=C(NC(=O)/C(=C/C)N=C(C)c1ccc(CNC(=O)CCCCCC)cc1)C(N)=O.CCC. The third-order valence-electron chi connectivity index (χ3n) is 4.47. The largest absolute Gasteiger partial charge is 0.364 e. The van der Waals surface area contributed by atoms with Crippen LogP contribution in [0.25, 0.3) is 0 Å². The molecule has 0 spiro atoms. The summed E-state index contributed by atoms with van der Waals surface area (Å²) in [6.07, 6.45) is 7.66. The fourth-order valence-electron chi connectivity index (χ4n) is 2.62. The lowest BCUT2D eigenvalue weighted by molar-refractivity contribution is -0.121. The van der Waals surface area contributed by atoms with Crippen LogP contribution in [0.1, 0.15) is 84.3 Å². The summed E-state index contributed by atoms with van der Waals surface area (Å²) >= 11 is 0. The average Bonchev–Trinajstić information content (AvgIpc) is 2.79. The van der Waals surface area contributed by atoms with Crippen molar-refractivity contribution in [1.82, 2.24) is 10.6 Å². The Balaban J connectivity index is 0.00000322. The molecule has 0 aliphatic carbocycles. The van der Waals surface area contributed by atoms with Crippen LogP contribution < -0.4 is 16.4 Å². The molecule has 33 heavy (non-hydrogen) atoms. The molecule has 7 heteroatoms. The van der Waals surface area contributed by atoms with Crippen LogP contribution in [-0.4, -0.2) is 23.4 Å². The van der Waals surface area contributed by atoms with Crippen LogP contribution in [0.4, 0.5) is 0 Å². The molecule has 0 aliphatic rings. The first-order chi connectivity index (χ1) is 15.7. The lowest BCUT2D eigenvalue weighted by Gasteiger charge is -2.08. The summed E-state index contributed by atoms with van der Waals surface area (Å²) in [4.78, 5) is 39.4. The van der Waals surface area contributed by atoms with Crippen LogP contribution in [0.15, 0.2) is 53.3 Å². The minimum atomic E-state index is -0.803. The molecule has 182 valence electrons. The molecule has 1 aromatic carbocycles. The van der Waals surface area contributed by atoms with Gasteiger partial charge in [0.25, 0.3) is 11.8 Å². The standard InChI is InChI=1S/C23H32N4O3.C3H8/c1-5-7-8-9-10-21(28)25-15-18-11-13-19(14-12-18)16(3)26-20(6-2)23(30)27-17(4)22(24)29;1-3-2/h6,11-14H,4-5,7-10,15H2,1-3H3,(H2,24,29)(H,25,28)(H,27,30);3H2,1-2H3/b20-6-,26-16?;. The van der Waals surface area contributed by atoms with E-state index in [9.17, 15) is 14.4 Å². The summed E-state index contributed by atoms with van der Waals surface area (Å²) in [7, 11) is 0. The molecule has 4 N–H and O–H groups in total. The molecule has 1 aromatic rings. The predicted molar refractivity (Wildman–Crippen MR) is 135 cm³/mol. The lowest BCUT2D eigenvalue weighted by Crippen LogP contribution is -2.31. The van der Waals surface area contributed by atoms with E-state index in [0.717, 1.165) is 36.8 Å². The van der Waals surface area contributed by atoms with Gasteiger partial charge in [-0.3, -0.25) is 14.4 Å². The second-order valence-corrected chi connectivity index (χ2v) is 7.66. The van der Waals surface area contributed by atoms with Gasteiger partial charge in [-0.05, 0) is 31.4 Å². The summed E-state index contributed by atoms with van der Waals surface area (Å²) < 4.78 is 0. The highest BCUT2D eigenvalue weighted by molar-refractivity contribution is 6.05. The van der Waals surface area contributed by atoms with E-state index in [0.29, 0.717) is 18.7 Å². The summed E-state index contributed by atoms with van der Waals surface area (Å²) in [6.45, 7) is 13.7. The summed E-state index contributed by atoms with van der Waals surface area (Å²) in [5.74, 6) is -1.30. The first kappa shape index (κ1) is 29.8. The average molecular weight is 457 g/mol. The van der Waals surface area contributed by atoms with Crippen molar-refractivity contribution < 1.29 is 14.4 Å². The molecule has 0 unspecified atom stereocenters. The minimum absolute atomic E-state index is 0.0641. The topological polar surface area (TPSA) is 114 Å². The summed E-state index contributed by atoms with van der Waals surface area (Å²) in [5.41, 5.74) is 7.49. The fourth-order valence-corrected chi connectivity index (χ4v) is 2.62. The number of primary amides is 1. The normalized spacial score (nSPS) is 11.2. The molecule has 0 bridgehead atoms. The van der Waals surface area contributed by atoms with Crippen molar-refractivity contribution >= 4 is 23.4 Å². The van der Waals surface area contributed by atoms with Crippen LogP contribution in [0.2, 0.25) is 0 Å². The number of carbonyl (C=O) groups excluding carboxylic acids is 3. The number of nitrogens with one attached hydrogen (secondary N) is 2. The number of nitrogens with two attached hydrogens (primary N) is 1. The van der Waals surface area contributed by atoms with Gasteiger partial charge in [0.2, 0.25) is 5.91 Å². The van der Waals surface area contributed by atoms with Crippen LogP contribution in [-0.2, 0) is 20.9 Å². The second-order valence-electron chi connectivity index (χ2n) is 7.66. The highest BCUT2D eigenvalue weighted by Gasteiger charge is 2.12. The zero-order valence-corrected chi connectivity index (χ0v) is 20.8. The summed E-state index contributed by atoms with van der Waals surface area (Å²) in [6, 6.07) is 7.59. The number of amides is 3. The summed E-state index contributed by atoms with van der Waals surface area (Å²) in [5, 5.41) is 5.25. The quantitative estimate of drug-likeness (QED) is 0.244. The van der Waals surface area contributed by atoms with Crippen molar-refractivity contribution in [2.24, 2.45) is 10.7 Å². The first-order valence-corrected chi connectivity index (χ1v) is 11.6. The Hall–Kier alpha value is -3.22. The molecule has 7 nitrogen and oxygen atoms in total. The molecule has 0 fully saturated rings. The van der Waals surface area contributed by atoms with Gasteiger partial charge in [-0.2, -0.15) is 0 Å². The van der Waals surface area contributed by atoms with E-state index < -0.39 is 11.8 Å². The van der Waals surface area contributed by atoms with Gasteiger partial charge in [-0.1, -0.05) is 83.4 Å². The van der Waals surface area contributed by atoms with E-state index in [1.165, 1.54) is 12.5 Å². The number of benzene rings is 1. The van der Waals surface area contributed by atoms with Crippen LogP contribution in [0, 0.1) is 0 Å². The molecule has 3 amide bonds. The van der Waals surface area contributed by atoms with Gasteiger partial charge in [0.1, 0.15) is 5.70 Å². The Morgan fingerprint density at radius 1 is 1.06 bits per heavy atom. The molecule has 0 atom stereocenters. The maximum absolute atomic E-state index is 12.2. The first-order valence-electron chi connectivity index (χ1n) is 11.6. The van der Waals surface area contributed by atoms with Crippen molar-refractivity contribution in [2.45, 2.75) is 79.7 Å². The number of hydrogen-bond acceptors (Lipinski definition) is 4. The van der Waals surface area contributed by atoms with E-state index in [2.05, 4.69) is 43.0 Å². The smallest absolute Gasteiger partial charge is 0.274 e. The Morgan fingerprint density at radius 2 is 1.67 bits per heavy atom. The van der Waals surface area contributed by atoms with Crippen molar-refractivity contribution in [3.8, 4) is 0 Å². The Labute approximate surface area is 198 Å². The lowest BCUT2D eigenvalue weighted by atomic mass is 10.1. The molecule has 0 saturated heterocycles. The maximum Gasteiger partial charge on any atom is 0.274 e. The molecular formula is C26H40N4O3. The fraction of sp³-hybridized carbons (Fsp3) is 0.462. The number of hydrogen-bond donors (Lipinski definition) is 3. The van der Waals surface area contributed by atoms with E-state index in [1.807, 2.05) is 24.3 Å². The predicted octanol–water partition coefficient (Wildman–Crippen LogP) is 4.52. The highest BCUT2D eigenvalue weighted by Crippen LogP contribution is 2.09. The number of rotatable bonds is 12. The van der Waals surface area contributed by atoms with Crippen molar-refractivity contribution in [1.29, 1.82) is 0 Å². The maximum atomic E-state index is 12.2. The Morgan fingerprint density at radius 3 is 2.18 bits per heavy atom. The Kier molecular flexibility index (Phi) is 15.7. The zero-order chi connectivity index (χ0) is 25.2. The Bertz CT molecular complexity index is 840. The molecule has 0 heterocycles. The van der Waals surface area contributed by atoms with Gasteiger partial charge in [0, 0.05) is 18.7 Å². The molecule has 1 rings (SSSR count). The van der Waals surface area contributed by atoms with E-state index in [-0.39, 0.29) is 17.3 Å². The zero-order valence-electron chi connectivity index (χ0n) is 20.8. The third kappa shape index (κ3) is 13.0. The van der Waals surface area contributed by atoms with Crippen LogP contribution in [0.5, 0.6) is 0 Å². The number of unbranched alkanes of at least 4 members (excludes halogenated alkanes) is 3. The van der Waals surface area contributed by atoms with Gasteiger partial charge < -0.3 is 16.4 Å². The highest BCUT2D eigenvalue weighted by atomic mass is 16.2. The van der Waals surface area contributed by atoms with Crippen molar-refractivity contribution in [3.63, 3.8) is 0 Å². The van der Waals surface area contributed by atoms with Crippen molar-refractivity contribution in [3.05, 3.63) is 59.4 Å². The molecular weight excluding hydrogens is 416 g/mol. The van der Waals surface area contributed by atoms with E-state index >= 15 is 0 Å². The van der Waals surface area contributed by atoms with E-state index in [4.69, 9.17) is 5.73 Å².